The summed E-state index contributed by atoms with van der Waals surface area (Å²) in [5.41, 5.74) is 0.0949. The molecule has 0 spiro atoms. The number of hydrogen-bond donors (Lipinski definition) is 1. The third-order valence-electron chi connectivity index (χ3n) is 2.63. The summed E-state index contributed by atoms with van der Waals surface area (Å²) < 4.78 is 16.0. The van der Waals surface area contributed by atoms with Gasteiger partial charge in [-0.05, 0) is 24.0 Å². The quantitative estimate of drug-likeness (QED) is 0.894. The predicted molar refractivity (Wildman–Crippen MR) is 68.1 cm³/mol. The Balaban J connectivity index is 1.87. The van der Waals surface area contributed by atoms with Gasteiger partial charge >= 0.3 is 0 Å². The first kappa shape index (κ1) is 13.0. The van der Waals surface area contributed by atoms with Gasteiger partial charge in [0.2, 0.25) is 6.79 Å². The molecule has 1 heterocycles. The van der Waals surface area contributed by atoms with Crippen molar-refractivity contribution in [3.63, 3.8) is 0 Å². The molecule has 0 unspecified atom stereocenters. The minimum Gasteiger partial charge on any atom is -0.491 e. The third-order valence-corrected chi connectivity index (χ3v) is 2.63. The van der Waals surface area contributed by atoms with Gasteiger partial charge in [-0.25, -0.2) is 0 Å². The molecule has 2 rings (SSSR count). The Labute approximate surface area is 107 Å². The van der Waals surface area contributed by atoms with E-state index in [4.69, 9.17) is 14.2 Å². The number of ether oxygens (including phenoxy) is 3. The van der Waals surface area contributed by atoms with E-state index in [0.29, 0.717) is 17.9 Å². The van der Waals surface area contributed by atoms with E-state index in [-0.39, 0.29) is 18.8 Å². The lowest BCUT2D eigenvalue weighted by Crippen LogP contribution is -2.23. The van der Waals surface area contributed by atoms with E-state index in [1.165, 1.54) is 0 Å². The summed E-state index contributed by atoms with van der Waals surface area (Å²) in [7, 11) is 0. The van der Waals surface area contributed by atoms with Crippen LogP contribution in [-0.4, -0.2) is 24.6 Å². The van der Waals surface area contributed by atoms with Crippen LogP contribution in [0.2, 0.25) is 0 Å². The van der Waals surface area contributed by atoms with Crippen LogP contribution in [0.1, 0.15) is 27.2 Å². The minimum absolute atomic E-state index is 0.0949. The van der Waals surface area contributed by atoms with E-state index in [9.17, 15) is 5.11 Å². The number of hydrogen-bond acceptors (Lipinski definition) is 4. The van der Waals surface area contributed by atoms with Crippen LogP contribution in [0.3, 0.4) is 0 Å². The van der Waals surface area contributed by atoms with Crippen LogP contribution < -0.4 is 14.2 Å². The SMILES string of the molecule is CC(C)(C)C[C@@H](O)COc1ccc2c(c1)OCO2. The Bertz CT molecular complexity index is 409. The summed E-state index contributed by atoms with van der Waals surface area (Å²) >= 11 is 0. The summed E-state index contributed by atoms with van der Waals surface area (Å²) in [6.07, 6.45) is 0.243. The molecule has 1 N–H and O–H groups in total. The van der Waals surface area contributed by atoms with Crippen molar-refractivity contribution in [1.82, 2.24) is 0 Å². The van der Waals surface area contributed by atoms with Crippen molar-refractivity contribution >= 4 is 0 Å². The topological polar surface area (TPSA) is 47.9 Å². The van der Waals surface area contributed by atoms with Crippen molar-refractivity contribution in [2.24, 2.45) is 5.41 Å². The van der Waals surface area contributed by atoms with E-state index < -0.39 is 6.10 Å². The Morgan fingerprint density at radius 3 is 2.72 bits per heavy atom. The van der Waals surface area contributed by atoms with Gasteiger partial charge in [-0.2, -0.15) is 0 Å². The fourth-order valence-corrected chi connectivity index (χ4v) is 1.92. The minimum atomic E-state index is -0.463. The molecule has 1 aliphatic heterocycles. The Hall–Kier alpha value is -1.42. The van der Waals surface area contributed by atoms with E-state index in [1.807, 2.05) is 12.1 Å². The van der Waals surface area contributed by atoms with Crippen LogP contribution >= 0.6 is 0 Å². The second-order valence-electron chi connectivity index (χ2n) is 5.74. The van der Waals surface area contributed by atoms with Crippen LogP contribution in [-0.2, 0) is 0 Å². The summed E-state index contributed by atoms with van der Waals surface area (Å²) in [6, 6.07) is 5.41. The van der Waals surface area contributed by atoms with Gasteiger partial charge in [-0.3, -0.25) is 0 Å². The lowest BCUT2D eigenvalue weighted by Gasteiger charge is -2.22. The first-order valence-electron chi connectivity index (χ1n) is 6.14. The largest absolute Gasteiger partial charge is 0.491 e. The van der Waals surface area contributed by atoms with Crippen molar-refractivity contribution in [3.8, 4) is 17.2 Å². The maximum Gasteiger partial charge on any atom is 0.231 e. The van der Waals surface area contributed by atoms with Crippen LogP contribution in [0.25, 0.3) is 0 Å². The molecule has 1 aromatic rings. The lowest BCUT2D eigenvalue weighted by molar-refractivity contribution is 0.0709. The molecule has 0 fully saturated rings. The number of aliphatic hydroxyl groups excluding tert-OH is 1. The Kier molecular flexibility index (Phi) is 3.66. The summed E-state index contributed by atoms with van der Waals surface area (Å²) in [4.78, 5) is 0. The molecule has 0 radical (unpaired) electrons. The molecule has 1 aliphatic rings. The molecule has 0 amide bonds. The number of fused-ring (bicyclic) bond motifs is 1. The second kappa shape index (κ2) is 5.06. The molecule has 4 heteroatoms. The average Bonchev–Trinajstić information content (AvgIpc) is 2.71. The normalized spacial score (nSPS) is 15.6. The zero-order valence-electron chi connectivity index (χ0n) is 11.1. The van der Waals surface area contributed by atoms with Gasteiger partial charge in [0.15, 0.2) is 11.5 Å². The molecular formula is C14H20O4. The van der Waals surface area contributed by atoms with Gasteiger partial charge in [0.1, 0.15) is 12.4 Å². The fraction of sp³-hybridized carbons (Fsp3) is 0.571. The van der Waals surface area contributed by atoms with Crippen LogP contribution in [0.4, 0.5) is 0 Å². The molecule has 0 bridgehead atoms. The molecule has 0 aliphatic carbocycles. The van der Waals surface area contributed by atoms with Gasteiger partial charge < -0.3 is 19.3 Å². The third kappa shape index (κ3) is 3.53. The maximum absolute atomic E-state index is 9.86. The van der Waals surface area contributed by atoms with Gasteiger partial charge in [-0.15, -0.1) is 0 Å². The monoisotopic (exact) mass is 252 g/mol. The van der Waals surface area contributed by atoms with E-state index >= 15 is 0 Å². The summed E-state index contributed by atoms with van der Waals surface area (Å²) in [5.74, 6) is 2.11. The van der Waals surface area contributed by atoms with Gasteiger partial charge in [-0.1, -0.05) is 20.8 Å². The first-order valence-corrected chi connectivity index (χ1v) is 6.14. The van der Waals surface area contributed by atoms with Crippen LogP contribution in [0.15, 0.2) is 18.2 Å². The number of rotatable bonds is 4. The van der Waals surface area contributed by atoms with Crippen molar-refractivity contribution in [2.75, 3.05) is 13.4 Å². The number of benzene rings is 1. The molecule has 1 aromatic carbocycles. The fourth-order valence-electron chi connectivity index (χ4n) is 1.92. The van der Waals surface area contributed by atoms with E-state index in [2.05, 4.69) is 20.8 Å². The second-order valence-corrected chi connectivity index (χ2v) is 5.74. The Morgan fingerprint density at radius 1 is 1.28 bits per heavy atom. The molecular weight excluding hydrogens is 232 g/mol. The van der Waals surface area contributed by atoms with E-state index in [0.717, 1.165) is 5.75 Å². The molecule has 18 heavy (non-hydrogen) atoms. The summed E-state index contributed by atoms with van der Waals surface area (Å²) in [5, 5.41) is 9.86. The van der Waals surface area contributed by atoms with Crippen molar-refractivity contribution in [1.29, 1.82) is 0 Å². The zero-order valence-corrected chi connectivity index (χ0v) is 11.1. The highest BCUT2D eigenvalue weighted by Crippen LogP contribution is 2.35. The highest BCUT2D eigenvalue weighted by molar-refractivity contribution is 5.46. The molecule has 1 atom stereocenters. The number of aliphatic hydroxyl groups is 1. The highest BCUT2D eigenvalue weighted by Gasteiger charge is 2.18. The van der Waals surface area contributed by atoms with Gasteiger partial charge in [0, 0.05) is 6.07 Å². The summed E-state index contributed by atoms with van der Waals surface area (Å²) in [6.45, 7) is 6.83. The average molecular weight is 252 g/mol. The lowest BCUT2D eigenvalue weighted by atomic mass is 9.89. The van der Waals surface area contributed by atoms with Gasteiger partial charge in [0.25, 0.3) is 0 Å². The molecule has 0 saturated carbocycles. The zero-order chi connectivity index (χ0) is 13.2. The van der Waals surface area contributed by atoms with E-state index in [1.54, 1.807) is 6.07 Å². The molecule has 4 nitrogen and oxygen atoms in total. The smallest absolute Gasteiger partial charge is 0.231 e. The first-order chi connectivity index (χ1) is 8.44. The van der Waals surface area contributed by atoms with Crippen molar-refractivity contribution < 1.29 is 19.3 Å². The van der Waals surface area contributed by atoms with Crippen molar-refractivity contribution in [2.45, 2.75) is 33.3 Å². The highest BCUT2D eigenvalue weighted by atomic mass is 16.7. The maximum atomic E-state index is 9.86. The van der Waals surface area contributed by atoms with Crippen molar-refractivity contribution in [3.05, 3.63) is 18.2 Å². The molecule has 0 aromatic heterocycles. The van der Waals surface area contributed by atoms with Crippen LogP contribution in [0, 0.1) is 5.41 Å². The van der Waals surface area contributed by atoms with Crippen LogP contribution in [0.5, 0.6) is 17.2 Å². The predicted octanol–water partition coefficient (Wildman–Crippen LogP) is 2.59. The van der Waals surface area contributed by atoms with Gasteiger partial charge in [0.05, 0.1) is 6.10 Å². The Morgan fingerprint density at radius 2 is 2.00 bits per heavy atom. The molecule has 100 valence electrons. The standard InChI is InChI=1S/C14H20O4/c1-14(2,3)7-10(15)8-16-11-4-5-12-13(6-11)18-9-17-12/h4-6,10,15H,7-9H2,1-3H3/t10-/m1/s1. The molecule has 0 saturated heterocycles.